The molecule has 1 heterocycles. The van der Waals surface area contributed by atoms with E-state index in [0.29, 0.717) is 6.04 Å². The summed E-state index contributed by atoms with van der Waals surface area (Å²) in [6.07, 6.45) is 11.4. The zero-order valence-corrected chi connectivity index (χ0v) is 15.0. The molecule has 2 nitrogen and oxygen atoms in total. The summed E-state index contributed by atoms with van der Waals surface area (Å²) in [5.74, 6) is 0. The van der Waals surface area contributed by atoms with Crippen molar-refractivity contribution in [1.82, 2.24) is 9.13 Å². The fourth-order valence-corrected chi connectivity index (χ4v) is 4.35. The van der Waals surface area contributed by atoms with Crippen LogP contribution in [0.4, 0.5) is 0 Å². The van der Waals surface area contributed by atoms with Crippen LogP contribution in [0.1, 0.15) is 70.8 Å². The number of hydrogen-bond acceptors (Lipinski definition) is 3. The summed E-state index contributed by atoms with van der Waals surface area (Å²) in [6, 6.07) is 0.534. The van der Waals surface area contributed by atoms with Gasteiger partial charge in [0.2, 0.25) is 0 Å². The highest BCUT2D eigenvalue weighted by Gasteiger charge is 2.21. The van der Waals surface area contributed by atoms with Crippen LogP contribution in [-0.4, -0.2) is 9.13 Å². The van der Waals surface area contributed by atoms with E-state index in [0.717, 1.165) is 21.4 Å². The summed E-state index contributed by atoms with van der Waals surface area (Å²) in [5.41, 5.74) is 0. The number of nitrogens with zero attached hydrogens (tertiary/aromatic N) is 2. The highest BCUT2D eigenvalue weighted by atomic mass is 32.1. The molecule has 0 radical (unpaired) electrons. The van der Waals surface area contributed by atoms with Crippen molar-refractivity contribution in [2.45, 2.75) is 87.3 Å². The molecular weight excluding hydrogens is 304 g/mol. The SMILES string of the molecule is CCCCCCn1c(S)c(S)n(C2CCCCC2)c1=S. The highest BCUT2D eigenvalue weighted by molar-refractivity contribution is 7.83. The molecule has 1 aromatic rings. The van der Waals surface area contributed by atoms with Crippen LogP contribution < -0.4 is 0 Å². The second-order valence-electron chi connectivity index (χ2n) is 5.80. The molecule has 2 rings (SSSR count). The molecule has 20 heavy (non-hydrogen) atoms. The van der Waals surface area contributed by atoms with Crippen molar-refractivity contribution < 1.29 is 0 Å². The first-order valence-electron chi connectivity index (χ1n) is 7.89. The number of aromatic nitrogens is 2. The molecule has 0 atom stereocenters. The minimum Gasteiger partial charge on any atom is -0.311 e. The summed E-state index contributed by atoms with van der Waals surface area (Å²) in [7, 11) is 0. The molecule has 1 aliphatic rings. The van der Waals surface area contributed by atoms with Gasteiger partial charge in [-0.05, 0) is 31.5 Å². The van der Waals surface area contributed by atoms with E-state index in [1.807, 2.05) is 0 Å². The maximum Gasteiger partial charge on any atom is 0.181 e. The van der Waals surface area contributed by atoms with Crippen molar-refractivity contribution in [2.75, 3.05) is 0 Å². The van der Waals surface area contributed by atoms with E-state index >= 15 is 0 Å². The molecule has 1 aromatic heterocycles. The van der Waals surface area contributed by atoms with Gasteiger partial charge in [0.15, 0.2) is 4.77 Å². The third-order valence-corrected chi connectivity index (χ3v) is 5.77. The average Bonchev–Trinajstić information content (AvgIpc) is 2.67. The van der Waals surface area contributed by atoms with Gasteiger partial charge in [0.1, 0.15) is 10.1 Å². The van der Waals surface area contributed by atoms with E-state index in [4.69, 9.17) is 12.2 Å². The van der Waals surface area contributed by atoms with Gasteiger partial charge in [-0.15, -0.1) is 25.3 Å². The molecule has 114 valence electrons. The minimum atomic E-state index is 0.534. The predicted molar refractivity (Wildman–Crippen MR) is 94.0 cm³/mol. The number of hydrogen-bond donors (Lipinski definition) is 2. The average molecular weight is 331 g/mol. The lowest BCUT2D eigenvalue weighted by molar-refractivity contribution is 0.334. The largest absolute Gasteiger partial charge is 0.311 e. The van der Waals surface area contributed by atoms with Crippen molar-refractivity contribution >= 4 is 37.5 Å². The van der Waals surface area contributed by atoms with Crippen LogP contribution in [0, 0.1) is 4.77 Å². The van der Waals surface area contributed by atoms with Gasteiger partial charge in [-0.25, -0.2) is 0 Å². The second-order valence-corrected chi connectivity index (χ2v) is 7.02. The first-order valence-corrected chi connectivity index (χ1v) is 9.20. The van der Waals surface area contributed by atoms with Crippen LogP contribution in [0.3, 0.4) is 0 Å². The Morgan fingerprint density at radius 1 is 1.05 bits per heavy atom. The lowest BCUT2D eigenvalue weighted by Gasteiger charge is -2.24. The van der Waals surface area contributed by atoms with Crippen molar-refractivity contribution in [3.63, 3.8) is 0 Å². The lowest BCUT2D eigenvalue weighted by atomic mass is 9.95. The van der Waals surface area contributed by atoms with Crippen molar-refractivity contribution in [2.24, 2.45) is 0 Å². The third kappa shape index (κ3) is 3.66. The molecule has 0 spiro atoms. The van der Waals surface area contributed by atoms with E-state index in [1.54, 1.807) is 0 Å². The van der Waals surface area contributed by atoms with Crippen molar-refractivity contribution in [1.29, 1.82) is 0 Å². The summed E-state index contributed by atoms with van der Waals surface area (Å²) in [5, 5.41) is 1.90. The van der Waals surface area contributed by atoms with Gasteiger partial charge in [0, 0.05) is 12.6 Å². The Balaban J connectivity index is 2.15. The molecule has 5 heteroatoms. The zero-order chi connectivity index (χ0) is 14.5. The summed E-state index contributed by atoms with van der Waals surface area (Å²) in [6.45, 7) is 3.21. The Bertz CT molecular complexity index is 484. The van der Waals surface area contributed by atoms with Gasteiger partial charge < -0.3 is 9.13 Å². The van der Waals surface area contributed by atoms with E-state index in [9.17, 15) is 0 Å². The van der Waals surface area contributed by atoms with Crippen LogP contribution in [-0.2, 0) is 6.54 Å². The quantitative estimate of drug-likeness (QED) is 0.388. The van der Waals surface area contributed by atoms with Crippen LogP contribution in [0.25, 0.3) is 0 Å². The third-order valence-electron chi connectivity index (χ3n) is 4.30. The minimum absolute atomic E-state index is 0.534. The molecule has 0 N–H and O–H groups in total. The van der Waals surface area contributed by atoms with Gasteiger partial charge in [-0.2, -0.15) is 0 Å². The van der Waals surface area contributed by atoms with Crippen molar-refractivity contribution in [3.8, 4) is 0 Å². The molecular formula is C15H26N2S3. The molecule has 1 fully saturated rings. The van der Waals surface area contributed by atoms with E-state index in [-0.39, 0.29) is 0 Å². The molecule has 0 aliphatic heterocycles. The van der Waals surface area contributed by atoms with Gasteiger partial charge in [0.25, 0.3) is 0 Å². The lowest BCUT2D eigenvalue weighted by Crippen LogP contribution is -2.14. The maximum absolute atomic E-state index is 5.69. The van der Waals surface area contributed by atoms with E-state index in [1.165, 1.54) is 57.8 Å². The molecule has 1 saturated carbocycles. The van der Waals surface area contributed by atoms with Gasteiger partial charge in [-0.1, -0.05) is 45.4 Å². The van der Waals surface area contributed by atoms with Gasteiger partial charge in [0.05, 0.1) is 0 Å². The number of thiol groups is 2. The van der Waals surface area contributed by atoms with Gasteiger partial charge in [-0.3, -0.25) is 0 Å². The summed E-state index contributed by atoms with van der Waals surface area (Å²) >= 11 is 15.0. The molecule has 1 aliphatic carbocycles. The number of unbranched alkanes of at least 4 members (excludes halogenated alkanes) is 3. The second kappa shape index (κ2) is 7.95. The first kappa shape index (κ1) is 16.5. The monoisotopic (exact) mass is 330 g/mol. The molecule has 0 aromatic carbocycles. The van der Waals surface area contributed by atoms with Crippen LogP contribution in [0.2, 0.25) is 0 Å². The molecule has 0 saturated heterocycles. The fourth-order valence-electron chi connectivity index (χ4n) is 3.11. The molecule has 0 amide bonds. The Labute approximate surface area is 138 Å². The van der Waals surface area contributed by atoms with E-state index in [2.05, 4.69) is 41.3 Å². The number of imidazole rings is 1. The predicted octanol–water partition coefficient (Wildman–Crippen LogP) is 5.68. The molecule has 0 bridgehead atoms. The topological polar surface area (TPSA) is 9.86 Å². The Morgan fingerprint density at radius 3 is 2.40 bits per heavy atom. The zero-order valence-electron chi connectivity index (χ0n) is 12.3. The Hall–Kier alpha value is 0.130. The normalized spacial score (nSPS) is 16.8. The number of rotatable bonds is 6. The van der Waals surface area contributed by atoms with Crippen LogP contribution >= 0.6 is 37.5 Å². The summed E-state index contributed by atoms with van der Waals surface area (Å²) in [4.78, 5) is 0. The Kier molecular flexibility index (Phi) is 6.56. The Morgan fingerprint density at radius 2 is 1.75 bits per heavy atom. The van der Waals surface area contributed by atoms with E-state index < -0.39 is 0 Å². The first-order chi connectivity index (χ1) is 9.66. The molecule has 0 unspecified atom stereocenters. The van der Waals surface area contributed by atoms with Crippen LogP contribution in [0.15, 0.2) is 10.1 Å². The maximum atomic E-state index is 5.69. The smallest absolute Gasteiger partial charge is 0.181 e. The van der Waals surface area contributed by atoms with Gasteiger partial charge >= 0.3 is 0 Å². The standard InChI is InChI=1S/C15H26N2S3/c1-2-3-4-8-11-16-13(18)14(19)17(15(16)20)12-9-6-5-7-10-12/h12,18-19H,2-11H2,1H3. The fraction of sp³-hybridized carbons (Fsp3) is 0.800. The van der Waals surface area contributed by atoms with Crippen LogP contribution in [0.5, 0.6) is 0 Å². The highest BCUT2D eigenvalue weighted by Crippen LogP contribution is 2.34. The van der Waals surface area contributed by atoms with Crippen molar-refractivity contribution in [3.05, 3.63) is 4.77 Å². The summed E-state index contributed by atoms with van der Waals surface area (Å²) < 4.78 is 5.34.